The monoisotopic (exact) mass is 303 g/mol. The Morgan fingerprint density at radius 1 is 1.40 bits per heavy atom. The summed E-state index contributed by atoms with van der Waals surface area (Å²) >= 11 is 0. The van der Waals surface area contributed by atoms with Gasteiger partial charge in [-0.3, -0.25) is 9.59 Å². The van der Waals surface area contributed by atoms with E-state index in [1.807, 2.05) is 11.8 Å². The van der Waals surface area contributed by atoms with Crippen LogP contribution in [0.3, 0.4) is 0 Å². The normalized spacial score (nSPS) is 25.2. The molecule has 1 aliphatic carbocycles. The zero-order chi connectivity index (χ0) is 13.8. The summed E-state index contributed by atoms with van der Waals surface area (Å²) < 4.78 is 0. The summed E-state index contributed by atoms with van der Waals surface area (Å²) in [7, 11) is 0. The van der Waals surface area contributed by atoms with Crippen molar-refractivity contribution in [1.82, 2.24) is 10.2 Å². The topological polar surface area (TPSA) is 75.4 Å². The Labute approximate surface area is 127 Å². The summed E-state index contributed by atoms with van der Waals surface area (Å²) in [5.74, 6) is -0.0257. The summed E-state index contributed by atoms with van der Waals surface area (Å²) in [6, 6.07) is 0.367. The van der Waals surface area contributed by atoms with Gasteiger partial charge < -0.3 is 16.0 Å². The molecule has 2 unspecified atom stereocenters. The number of halogens is 1. The van der Waals surface area contributed by atoms with E-state index in [1.54, 1.807) is 0 Å². The molecule has 1 saturated heterocycles. The van der Waals surface area contributed by atoms with Crippen LogP contribution in [0.4, 0.5) is 0 Å². The van der Waals surface area contributed by atoms with Gasteiger partial charge in [0.2, 0.25) is 11.8 Å². The molecule has 0 aromatic heterocycles. The van der Waals surface area contributed by atoms with E-state index in [4.69, 9.17) is 5.73 Å². The molecule has 2 amide bonds. The molecule has 3 N–H and O–H groups in total. The lowest BCUT2D eigenvalue weighted by Crippen LogP contribution is -2.43. The second kappa shape index (κ2) is 7.84. The largest absolute Gasteiger partial charge is 0.351 e. The van der Waals surface area contributed by atoms with Gasteiger partial charge in [0.15, 0.2) is 0 Å². The Balaban J connectivity index is 0.00000200. The van der Waals surface area contributed by atoms with Crippen LogP contribution < -0.4 is 11.1 Å². The van der Waals surface area contributed by atoms with Gasteiger partial charge in [-0.15, -0.1) is 12.4 Å². The highest BCUT2D eigenvalue weighted by Gasteiger charge is 2.35. The van der Waals surface area contributed by atoms with Gasteiger partial charge in [0.25, 0.3) is 0 Å². The number of carbonyl (C=O) groups excluding carboxylic acids is 2. The van der Waals surface area contributed by atoms with Crippen molar-refractivity contribution in [2.45, 2.75) is 57.5 Å². The van der Waals surface area contributed by atoms with E-state index in [1.165, 1.54) is 19.3 Å². The number of carbonyl (C=O) groups is 2. The standard InChI is InChI=1S/C14H25N3O2.ClH/c1-10(8-15)14(19)16-11-7-13(18)17(9-11)12-5-3-2-4-6-12;/h10-12H,2-9,15H2,1H3,(H,16,19);1H. The van der Waals surface area contributed by atoms with E-state index in [2.05, 4.69) is 5.32 Å². The fraction of sp³-hybridized carbons (Fsp3) is 0.857. The zero-order valence-corrected chi connectivity index (χ0v) is 13.0. The predicted octanol–water partition coefficient (Wildman–Crippen LogP) is 1.05. The molecule has 0 bridgehead atoms. The highest BCUT2D eigenvalue weighted by Crippen LogP contribution is 2.26. The maximum Gasteiger partial charge on any atom is 0.225 e. The molecule has 116 valence electrons. The van der Waals surface area contributed by atoms with Crippen LogP contribution >= 0.6 is 12.4 Å². The van der Waals surface area contributed by atoms with Crippen LogP contribution in [0.25, 0.3) is 0 Å². The highest BCUT2D eigenvalue weighted by molar-refractivity contribution is 5.85. The molecule has 1 saturated carbocycles. The number of nitrogens with zero attached hydrogens (tertiary/aromatic N) is 1. The molecule has 0 radical (unpaired) electrons. The minimum atomic E-state index is -0.182. The van der Waals surface area contributed by atoms with E-state index in [0.29, 0.717) is 25.6 Å². The lowest BCUT2D eigenvalue weighted by atomic mass is 9.94. The Bertz CT molecular complexity index is 345. The van der Waals surface area contributed by atoms with Gasteiger partial charge in [0.1, 0.15) is 0 Å². The fourth-order valence-corrected chi connectivity index (χ4v) is 3.02. The molecule has 6 heteroatoms. The van der Waals surface area contributed by atoms with Gasteiger partial charge in [-0.1, -0.05) is 26.2 Å². The van der Waals surface area contributed by atoms with Gasteiger partial charge in [-0.25, -0.2) is 0 Å². The highest BCUT2D eigenvalue weighted by atomic mass is 35.5. The van der Waals surface area contributed by atoms with Crippen molar-refractivity contribution in [3.63, 3.8) is 0 Å². The van der Waals surface area contributed by atoms with Crippen molar-refractivity contribution in [1.29, 1.82) is 0 Å². The quantitative estimate of drug-likeness (QED) is 0.815. The second-order valence-corrected chi connectivity index (χ2v) is 5.88. The third kappa shape index (κ3) is 4.09. The summed E-state index contributed by atoms with van der Waals surface area (Å²) in [4.78, 5) is 25.8. The molecule has 20 heavy (non-hydrogen) atoms. The Morgan fingerprint density at radius 2 is 2.05 bits per heavy atom. The second-order valence-electron chi connectivity index (χ2n) is 5.88. The van der Waals surface area contributed by atoms with Crippen molar-refractivity contribution >= 4 is 24.2 Å². The summed E-state index contributed by atoms with van der Waals surface area (Å²) in [5, 5.41) is 2.95. The van der Waals surface area contributed by atoms with Gasteiger partial charge in [-0.2, -0.15) is 0 Å². The van der Waals surface area contributed by atoms with Crippen LogP contribution in [-0.2, 0) is 9.59 Å². The minimum Gasteiger partial charge on any atom is -0.351 e. The van der Waals surface area contributed by atoms with Crippen LogP contribution in [0.2, 0.25) is 0 Å². The van der Waals surface area contributed by atoms with Gasteiger partial charge in [0, 0.05) is 31.5 Å². The molecular formula is C14H26ClN3O2. The first-order chi connectivity index (χ1) is 9.11. The smallest absolute Gasteiger partial charge is 0.225 e. The molecule has 2 rings (SSSR count). The molecule has 1 heterocycles. The van der Waals surface area contributed by atoms with E-state index in [0.717, 1.165) is 12.8 Å². The van der Waals surface area contributed by atoms with E-state index >= 15 is 0 Å². The van der Waals surface area contributed by atoms with Crippen LogP contribution in [0, 0.1) is 5.92 Å². The van der Waals surface area contributed by atoms with Crippen LogP contribution in [-0.4, -0.2) is 41.9 Å². The summed E-state index contributed by atoms with van der Waals surface area (Å²) in [6.45, 7) is 2.83. The Kier molecular flexibility index (Phi) is 6.76. The van der Waals surface area contributed by atoms with Crippen LogP contribution in [0.5, 0.6) is 0 Å². The number of nitrogens with two attached hydrogens (primary N) is 1. The minimum absolute atomic E-state index is 0. The maximum atomic E-state index is 12.1. The molecule has 2 aliphatic rings. The molecule has 2 fully saturated rings. The first-order valence-electron chi connectivity index (χ1n) is 7.41. The van der Waals surface area contributed by atoms with Crippen molar-refractivity contribution in [3.05, 3.63) is 0 Å². The van der Waals surface area contributed by atoms with Crippen molar-refractivity contribution in [2.24, 2.45) is 11.7 Å². The molecule has 0 aromatic rings. The molecule has 1 aliphatic heterocycles. The van der Waals surface area contributed by atoms with Crippen LogP contribution in [0.1, 0.15) is 45.4 Å². The fourth-order valence-electron chi connectivity index (χ4n) is 3.02. The maximum absolute atomic E-state index is 12.1. The number of hydrogen-bond donors (Lipinski definition) is 2. The molecule has 0 aromatic carbocycles. The summed E-state index contributed by atoms with van der Waals surface area (Å²) in [6.07, 6.45) is 6.40. The number of hydrogen-bond acceptors (Lipinski definition) is 3. The molecule has 5 nitrogen and oxygen atoms in total. The van der Waals surface area contributed by atoms with Gasteiger partial charge in [0.05, 0.1) is 6.04 Å². The predicted molar refractivity (Wildman–Crippen MR) is 80.6 cm³/mol. The van der Waals surface area contributed by atoms with Crippen molar-refractivity contribution in [2.75, 3.05) is 13.1 Å². The lowest BCUT2D eigenvalue weighted by Gasteiger charge is -2.31. The zero-order valence-electron chi connectivity index (χ0n) is 12.1. The number of rotatable bonds is 4. The average molecular weight is 304 g/mol. The molecule has 2 atom stereocenters. The Morgan fingerprint density at radius 3 is 2.65 bits per heavy atom. The Hall–Kier alpha value is -0.810. The average Bonchev–Trinajstić information content (AvgIpc) is 2.79. The first kappa shape index (κ1) is 17.2. The lowest BCUT2D eigenvalue weighted by molar-refractivity contribution is -0.130. The third-order valence-corrected chi connectivity index (χ3v) is 4.32. The van der Waals surface area contributed by atoms with E-state index in [9.17, 15) is 9.59 Å². The molecular weight excluding hydrogens is 278 g/mol. The van der Waals surface area contributed by atoms with E-state index in [-0.39, 0.29) is 36.2 Å². The van der Waals surface area contributed by atoms with Crippen molar-refractivity contribution in [3.8, 4) is 0 Å². The number of likely N-dealkylation sites (tertiary alicyclic amines) is 1. The number of amides is 2. The van der Waals surface area contributed by atoms with Gasteiger partial charge in [-0.05, 0) is 12.8 Å². The van der Waals surface area contributed by atoms with Crippen LogP contribution in [0.15, 0.2) is 0 Å². The third-order valence-electron chi connectivity index (χ3n) is 4.32. The molecule has 0 spiro atoms. The van der Waals surface area contributed by atoms with Crippen molar-refractivity contribution < 1.29 is 9.59 Å². The van der Waals surface area contributed by atoms with E-state index < -0.39 is 0 Å². The number of nitrogens with one attached hydrogen (secondary N) is 1. The summed E-state index contributed by atoms with van der Waals surface area (Å²) in [5.41, 5.74) is 5.48. The first-order valence-corrected chi connectivity index (χ1v) is 7.41. The SMILES string of the molecule is CC(CN)C(=O)NC1CC(=O)N(C2CCCCC2)C1.Cl. The van der Waals surface area contributed by atoms with Gasteiger partial charge >= 0.3 is 0 Å².